The summed E-state index contributed by atoms with van der Waals surface area (Å²) < 4.78 is 5.29. The molecule has 3 rings (SSSR count). The first-order valence-electron chi connectivity index (χ1n) is 8.37. The fourth-order valence-electron chi connectivity index (χ4n) is 3.12. The fourth-order valence-corrected chi connectivity index (χ4v) is 3.12. The number of hydrogen-bond acceptors (Lipinski definition) is 3. The van der Waals surface area contributed by atoms with E-state index in [0.717, 1.165) is 17.7 Å². The van der Waals surface area contributed by atoms with Gasteiger partial charge in [0, 0.05) is 23.8 Å². The summed E-state index contributed by atoms with van der Waals surface area (Å²) in [6.07, 6.45) is 1.47. The molecule has 5 nitrogen and oxygen atoms in total. The molecule has 1 aliphatic heterocycles. The first kappa shape index (κ1) is 17.0. The van der Waals surface area contributed by atoms with Crippen LogP contribution in [-0.4, -0.2) is 25.0 Å². The van der Waals surface area contributed by atoms with Crippen LogP contribution in [0.1, 0.15) is 35.7 Å². The van der Waals surface area contributed by atoms with E-state index in [1.54, 1.807) is 13.2 Å². The van der Waals surface area contributed by atoms with E-state index in [-0.39, 0.29) is 17.9 Å². The molecule has 25 heavy (non-hydrogen) atoms. The lowest BCUT2D eigenvalue weighted by molar-refractivity contribution is -0.117. The third-order valence-corrected chi connectivity index (χ3v) is 4.49. The standard InChI is InChI=1S/C20H22N2O3/c1-13-4-10-17(18(12-13)25-3)20(24)21-15-6-8-16(9-7-15)22-14(2)5-11-19(22)23/h4,6-10,12,14H,5,11H2,1-3H3,(H,21,24). The van der Waals surface area contributed by atoms with Gasteiger partial charge in [-0.2, -0.15) is 0 Å². The zero-order chi connectivity index (χ0) is 18.0. The average Bonchev–Trinajstić information content (AvgIpc) is 2.94. The summed E-state index contributed by atoms with van der Waals surface area (Å²) >= 11 is 0. The number of hydrogen-bond donors (Lipinski definition) is 1. The Morgan fingerprint density at radius 2 is 1.92 bits per heavy atom. The Labute approximate surface area is 147 Å². The van der Waals surface area contributed by atoms with E-state index in [1.165, 1.54) is 0 Å². The Morgan fingerprint density at radius 1 is 1.20 bits per heavy atom. The van der Waals surface area contributed by atoms with Gasteiger partial charge in [0.2, 0.25) is 5.91 Å². The maximum atomic E-state index is 12.5. The highest BCUT2D eigenvalue weighted by Gasteiger charge is 2.28. The van der Waals surface area contributed by atoms with Crippen molar-refractivity contribution in [3.05, 3.63) is 53.6 Å². The molecular weight excluding hydrogens is 316 g/mol. The second kappa shape index (κ2) is 6.97. The van der Waals surface area contributed by atoms with E-state index >= 15 is 0 Å². The molecule has 1 aliphatic rings. The number of nitrogens with zero attached hydrogens (tertiary/aromatic N) is 1. The summed E-state index contributed by atoms with van der Waals surface area (Å²) in [5.41, 5.74) is 3.05. The number of benzene rings is 2. The predicted molar refractivity (Wildman–Crippen MR) is 98.3 cm³/mol. The Hall–Kier alpha value is -2.82. The number of carbonyl (C=O) groups is 2. The number of carbonyl (C=O) groups excluding carboxylic acids is 2. The van der Waals surface area contributed by atoms with Crippen LogP contribution in [0.2, 0.25) is 0 Å². The number of methoxy groups -OCH3 is 1. The maximum Gasteiger partial charge on any atom is 0.259 e. The summed E-state index contributed by atoms with van der Waals surface area (Å²) in [7, 11) is 1.55. The third kappa shape index (κ3) is 3.50. The van der Waals surface area contributed by atoms with Gasteiger partial charge in [-0.15, -0.1) is 0 Å². The van der Waals surface area contributed by atoms with Gasteiger partial charge >= 0.3 is 0 Å². The Balaban J connectivity index is 1.75. The lowest BCUT2D eigenvalue weighted by Crippen LogP contribution is -2.30. The third-order valence-electron chi connectivity index (χ3n) is 4.49. The molecule has 1 atom stereocenters. The molecule has 0 saturated carbocycles. The second-order valence-electron chi connectivity index (χ2n) is 6.36. The normalized spacial score (nSPS) is 16.8. The van der Waals surface area contributed by atoms with Crippen molar-refractivity contribution in [3.8, 4) is 5.75 Å². The van der Waals surface area contributed by atoms with Crippen molar-refractivity contribution >= 4 is 23.2 Å². The summed E-state index contributed by atoms with van der Waals surface area (Å²) in [5, 5.41) is 2.87. The average molecular weight is 338 g/mol. The minimum absolute atomic E-state index is 0.147. The van der Waals surface area contributed by atoms with Gasteiger partial charge in [0.1, 0.15) is 5.75 Å². The predicted octanol–water partition coefficient (Wildman–Crippen LogP) is 3.77. The maximum absolute atomic E-state index is 12.5. The van der Waals surface area contributed by atoms with E-state index in [2.05, 4.69) is 5.32 Å². The summed E-state index contributed by atoms with van der Waals surface area (Å²) in [5.74, 6) is 0.467. The Kier molecular flexibility index (Phi) is 4.74. The first-order valence-corrected chi connectivity index (χ1v) is 8.37. The molecule has 0 radical (unpaired) electrons. The van der Waals surface area contributed by atoms with E-state index in [9.17, 15) is 9.59 Å². The van der Waals surface area contributed by atoms with Crippen molar-refractivity contribution in [2.45, 2.75) is 32.7 Å². The Bertz CT molecular complexity index is 799. The highest BCUT2D eigenvalue weighted by Crippen LogP contribution is 2.28. The van der Waals surface area contributed by atoms with Crippen LogP contribution in [0.5, 0.6) is 5.75 Å². The van der Waals surface area contributed by atoms with Crippen molar-refractivity contribution in [1.29, 1.82) is 0 Å². The zero-order valence-corrected chi connectivity index (χ0v) is 14.7. The van der Waals surface area contributed by atoms with Gasteiger partial charge < -0.3 is 15.0 Å². The minimum Gasteiger partial charge on any atom is -0.496 e. The van der Waals surface area contributed by atoms with E-state index in [0.29, 0.717) is 23.4 Å². The van der Waals surface area contributed by atoms with Crippen LogP contribution in [0.3, 0.4) is 0 Å². The van der Waals surface area contributed by atoms with Gasteiger partial charge in [-0.25, -0.2) is 0 Å². The van der Waals surface area contributed by atoms with Crippen molar-refractivity contribution in [2.75, 3.05) is 17.3 Å². The second-order valence-corrected chi connectivity index (χ2v) is 6.36. The summed E-state index contributed by atoms with van der Waals surface area (Å²) in [6, 6.07) is 13.0. The van der Waals surface area contributed by atoms with Gasteiger partial charge in [0.15, 0.2) is 0 Å². The molecule has 0 bridgehead atoms. The lowest BCUT2D eigenvalue weighted by Gasteiger charge is -2.22. The summed E-state index contributed by atoms with van der Waals surface area (Å²) in [6.45, 7) is 3.99. The molecule has 0 aromatic heterocycles. The van der Waals surface area contributed by atoms with Crippen molar-refractivity contribution in [1.82, 2.24) is 0 Å². The van der Waals surface area contributed by atoms with Gasteiger partial charge in [-0.1, -0.05) is 6.07 Å². The number of nitrogens with one attached hydrogen (secondary N) is 1. The quantitative estimate of drug-likeness (QED) is 0.923. The topological polar surface area (TPSA) is 58.6 Å². The van der Waals surface area contributed by atoms with Crippen LogP contribution < -0.4 is 15.0 Å². The van der Waals surface area contributed by atoms with Crippen LogP contribution >= 0.6 is 0 Å². The largest absolute Gasteiger partial charge is 0.496 e. The molecule has 2 aromatic carbocycles. The molecule has 2 amide bonds. The zero-order valence-electron chi connectivity index (χ0n) is 14.7. The SMILES string of the molecule is COc1cc(C)ccc1C(=O)Nc1ccc(N2C(=O)CCC2C)cc1. The molecule has 1 N–H and O–H groups in total. The molecular formula is C20H22N2O3. The number of anilines is 2. The van der Waals surface area contributed by atoms with Crippen molar-refractivity contribution in [2.24, 2.45) is 0 Å². The number of rotatable bonds is 4. The van der Waals surface area contributed by atoms with E-state index < -0.39 is 0 Å². The molecule has 0 spiro atoms. The monoisotopic (exact) mass is 338 g/mol. The smallest absolute Gasteiger partial charge is 0.259 e. The molecule has 1 unspecified atom stereocenters. The molecule has 1 saturated heterocycles. The number of ether oxygens (including phenoxy) is 1. The molecule has 1 heterocycles. The van der Waals surface area contributed by atoms with Gasteiger partial charge in [-0.3, -0.25) is 9.59 Å². The van der Waals surface area contributed by atoms with Gasteiger partial charge in [-0.05, 0) is 62.2 Å². The van der Waals surface area contributed by atoms with Crippen molar-refractivity contribution < 1.29 is 14.3 Å². The molecule has 5 heteroatoms. The minimum atomic E-state index is -0.227. The lowest BCUT2D eigenvalue weighted by atomic mass is 10.1. The molecule has 0 aliphatic carbocycles. The molecule has 1 fully saturated rings. The van der Waals surface area contributed by atoms with E-state index in [1.807, 2.05) is 55.1 Å². The van der Waals surface area contributed by atoms with Gasteiger partial charge in [0.05, 0.1) is 12.7 Å². The highest BCUT2D eigenvalue weighted by molar-refractivity contribution is 6.06. The summed E-state index contributed by atoms with van der Waals surface area (Å²) in [4.78, 5) is 26.3. The Morgan fingerprint density at radius 3 is 2.52 bits per heavy atom. The molecule has 2 aromatic rings. The number of amides is 2. The van der Waals surface area contributed by atoms with Crippen molar-refractivity contribution in [3.63, 3.8) is 0 Å². The fraction of sp³-hybridized carbons (Fsp3) is 0.300. The van der Waals surface area contributed by atoms with Crippen LogP contribution in [0.25, 0.3) is 0 Å². The molecule has 130 valence electrons. The van der Waals surface area contributed by atoms with E-state index in [4.69, 9.17) is 4.74 Å². The first-order chi connectivity index (χ1) is 12.0. The van der Waals surface area contributed by atoms with Crippen LogP contribution in [0, 0.1) is 6.92 Å². The van der Waals surface area contributed by atoms with Crippen LogP contribution in [-0.2, 0) is 4.79 Å². The van der Waals surface area contributed by atoms with Crippen LogP contribution in [0.4, 0.5) is 11.4 Å². The highest BCUT2D eigenvalue weighted by atomic mass is 16.5. The number of aryl methyl sites for hydroxylation is 1. The van der Waals surface area contributed by atoms with Gasteiger partial charge in [0.25, 0.3) is 5.91 Å². The van der Waals surface area contributed by atoms with Crippen LogP contribution in [0.15, 0.2) is 42.5 Å².